The number of methoxy groups -OCH3 is 1. The number of ether oxygens (including phenoxy) is 1. The van der Waals surface area contributed by atoms with E-state index in [2.05, 4.69) is 39.0 Å². The van der Waals surface area contributed by atoms with E-state index in [4.69, 9.17) is 27.9 Å². The van der Waals surface area contributed by atoms with Gasteiger partial charge >= 0.3 is 0 Å². The molecule has 4 rings (SSSR count). The van der Waals surface area contributed by atoms with Crippen LogP contribution in [-0.4, -0.2) is 22.6 Å². The number of nitrogens with zero attached hydrogens (tertiary/aromatic N) is 2. The van der Waals surface area contributed by atoms with Gasteiger partial charge in [-0.25, -0.2) is 0 Å². The Labute approximate surface area is 184 Å². The van der Waals surface area contributed by atoms with Crippen molar-refractivity contribution in [2.45, 2.75) is 0 Å². The number of carbonyl (C=O) groups excluding carboxylic acids is 1. The van der Waals surface area contributed by atoms with Gasteiger partial charge in [-0.2, -0.15) is 0 Å². The highest BCUT2D eigenvalue weighted by atomic mass is 127. The fourth-order valence-electron chi connectivity index (χ4n) is 3.36. The number of carbonyl (C=O) groups is 1. The number of benzene rings is 2. The quantitative estimate of drug-likeness (QED) is 0.339. The number of rotatable bonds is 3. The lowest BCUT2D eigenvalue weighted by atomic mass is 10.0. The highest BCUT2D eigenvalue weighted by molar-refractivity contribution is 14.1. The van der Waals surface area contributed by atoms with Crippen LogP contribution in [0.3, 0.4) is 0 Å². The van der Waals surface area contributed by atoms with Crippen LogP contribution in [0.5, 0.6) is 5.75 Å². The second-order valence-corrected chi connectivity index (χ2v) is 8.25. The van der Waals surface area contributed by atoms with E-state index in [1.54, 1.807) is 19.2 Å². The Balaban J connectivity index is 1.97. The first-order valence-corrected chi connectivity index (χ1v) is 10.1. The van der Waals surface area contributed by atoms with Crippen molar-refractivity contribution < 1.29 is 9.53 Å². The molecule has 0 radical (unpaired) electrons. The molecule has 28 heavy (non-hydrogen) atoms. The van der Waals surface area contributed by atoms with E-state index in [-0.39, 0.29) is 16.0 Å². The summed E-state index contributed by atoms with van der Waals surface area (Å²) in [7, 11) is 3.57. The minimum Gasteiger partial charge on any atom is -0.495 e. The number of anilines is 1. The van der Waals surface area contributed by atoms with Gasteiger partial charge in [-0.05, 0) is 52.9 Å². The zero-order valence-electron chi connectivity index (χ0n) is 14.9. The molecule has 0 spiro atoms. The van der Waals surface area contributed by atoms with Gasteiger partial charge in [0.25, 0.3) is 5.91 Å². The highest BCUT2D eigenvalue weighted by Gasteiger charge is 2.21. The molecule has 2 heterocycles. The van der Waals surface area contributed by atoms with Gasteiger partial charge in [-0.15, -0.1) is 0 Å². The number of aromatic nitrogens is 2. The van der Waals surface area contributed by atoms with E-state index >= 15 is 0 Å². The summed E-state index contributed by atoms with van der Waals surface area (Å²) in [5.41, 5.74) is 2.70. The van der Waals surface area contributed by atoms with E-state index in [9.17, 15) is 4.79 Å². The van der Waals surface area contributed by atoms with Crippen molar-refractivity contribution in [3.63, 3.8) is 0 Å². The number of aryl methyl sites for hydroxylation is 1. The molecule has 0 aliphatic carbocycles. The van der Waals surface area contributed by atoms with Crippen LogP contribution in [0.1, 0.15) is 10.4 Å². The van der Waals surface area contributed by atoms with Crippen molar-refractivity contribution in [2.24, 2.45) is 7.05 Å². The maximum Gasteiger partial charge on any atom is 0.256 e. The fourth-order valence-corrected chi connectivity index (χ4v) is 4.32. The Morgan fingerprint density at radius 3 is 2.57 bits per heavy atom. The monoisotopic (exact) mass is 525 g/mol. The first-order valence-electron chi connectivity index (χ1n) is 8.27. The summed E-state index contributed by atoms with van der Waals surface area (Å²) in [6.45, 7) is 0. The van der Waals surface area contributed by atoms with Crippen molar-refractivity contribution in [1.29, 1.82) is 0 Å². The van der Waals surface area contributed by atoms with Gasteiger partial charge in [0.05, 0.1) is 28.4 Å². The number of hydrogen-bond acceptors (Lipinski definition) is 3. The predicted octanol–water partition coefficient (Wildman–Crippen LogP) is 5.90. The van der Waals surface area contributed by atoms with Crippen molar-refractivity contribution in [2.75, 3.05) is 12.4 Å². The third-order valence-corrected chi connectivity index (χ3v) is 5.87. The number of hydrogen-bond donors (Lipinski definition) is 1. The lowest BCUT2D eigenvalue weighted by molar-refractivity contribution is 0.102. The van der Waals surface area contributed by atoms with E-state index in [0.717, 1.165) is 25.4 Å². The summed E-state index contributed by atoms with van der Waals surface area (Å²) in [5, 5.41) is 5.16. The maximum absolute atomic E-state index is 13.2. The Hall–Kier alpha value is -2.03. The van der Waals surface area contributed by atoms with Crippen LogP contribution >= 0.6 is 45.8 Å². The third kappa shape index (κ3) is 3.09. The molecule has 1 N–H and O–H groups in total. The molecule has 0 aliphatic heterocycles. The van der Waals surface area contributed by atoms with E-state index in [1.165, 1.54) is 12.4 Å². The number of nitrogens with one attached hydrogen (secondary N) is 1. The van der Waals surface area contributed by atoms with Crippen LogP contribution in [0, 0.1) is 3.57 Å². The summed E-state index contributed by atoms with van der Waals surface area (Å²) in [6.07, 6.45) is 2.87. The van der Waals surface area contributed by atoms with Crippen molar-refractivity contribution in [3.05, 3.63) is 61.9 Å². The minimum absolute atomic E-state index is 0.276. The Kier molecular flexibility index (Phi) is 5.11. The standard InChI is InChI=1S/C20H14Cl2IN3O2/c1-26-15-5-3-10(23)7-12(15)17-11(4-6-16(28-2)19(17)26)20(27)25-18-13(21)8-24-9-14(18)22/h3-9H,1-2H3,(H,24,25,27). The lowest BCUT2D eigenvalue weighted by Crippen LogP contribution is -2.13. The molecule has 8 heteroatoms. The molecule has 1 amide bonds. The fraction of sp³-hybridized carbons (Fsp3) is 0.100. The van der Waals surface area contributed by atoms with Crippen LogP contribution in [0.4, 0.5) is 5.69 Å². The Morgan fingerprint density at radius 2 is 1.89 bits per heavy atom. The number of amides is 1. The molecule has 142 valence electrons. The zero-order chi connectivity index (χ0) is 20.0. The van der Waals surface area contributed by atoms with E-state index in [1.807, 2.05) is 23.7 Å². The molecule has 0 saturated heterocycles. The molecule has 0 aliphatic rings. The summed E-state index contributed by atoms with van der Waals surface area (Å²) in [6, 6.07) is 9.66. The smallest absolute Gasteiger partial charge is 0.256 e. The van der Waals surface area contributed by atoms with Gasteiger partial charge in [0, 0.05) is 44.9 Å². The summed E-state index contributed by atoms with van der Waals surface area (Å²) in [5.74, 6) is 0.384. The number of halogens is 3. The second-order valence-electron chi connectivity index (χ2n) is 6.19. The second kappa shape index (κ2) is 7.42. The number of pyridine rings is 1. The van der Waals surface area contributed by atoms with Crippen LogP contribution in [0.25, 0.3) is 21.8 Å². The van der Waals surface area contributed by atoms with Gasteiger partial charge in [-0.1, -0.05) is 23.2 Å². The molecule has 0 unspecified atom stereocenters. The van der Waals surface area contributed by atoms with Crippen LogP contribution in [0.2, 0.25) is 10.0 Å². The average Bonchev–Trinajstić information content (AvgIpc) is 2.96. The van der Waals surface area contributed by atoms with Gasteiger partial charge in [-0.3, -0.25) is 9.78 Å². The third-order valence-electron chi connectivity index (χ3n) is 4.62. The molecule has 0 fully saturated rings. The number of fused-ring (bicyclic) bond motifs is 3. The minimum atomic E-state index is -0.311. The molecule has 2 aromatic heterocycles. The maximum atomic E-state index is 13.2. The molecular weight excluding hydrogens is 512 g/mol. The first-order chi connectivity index (χ1) is 13.4. The van der Waals surface area contributed by atoms with Crippen LogP contribution < -0.4 is 10.1 Å². The summed E-state index contributed by atoms with van der Waals surface area (Å²) < 4.78 is 8.66. The van der Waals surface area contributed by atoms with Crippen LogP contribution in [0.15, 0.2) is 42.7 Å². The van der Waals surface area contributed by atoms with Crippen molar-refractivity contribution in [3.8, 4) is 5.75 Å². The molecule has 0 bridgehead atoms. The molecule has 0 saturated carbocycles. The SMILES string of the molecule is COc1ccc(C(=O)Nc2c(Cl)cncc2Cl)c2c3cc(I)ccc3n(C)c12. The van der Waals surface area contributed by atoms with Crippen molar-refractivity contribution >= 4 is 79.2 Å². The molecular formula is C20H14Cl2IN3O2. The largest absolute Gasteiger partial charge is 0.495 e. The van der Waals surface area contributed by atoms with Gasteiger partial charge in [0.1, 0.15) is 5.75 Å². The molecule has 0 atom stereocenters. The summed E-state index contributed by atoms with van der Waals surface area (Å²) in [4.78, 5) is 17.1. The van der Waals surface area contributed by atoms with Crippen LogP contribution in [-0.2, 0) is 7.05 Å². The van der Waals surface area contributed by atoms with E-state index in [0.29, 0.717) is 17.0 Å². The topological polar surface area (TPSA) is 56.1 Å². The van der Waals surface area contributed by atoms with Crippen molar-refractivity contribution in [1.82, 2.24) is 9.55 Å². The molecule has 4 aromatic rings. The molecule has 2 aromatic carbocycles. The Bertz CT molecular complexity index is 1230. The Morgan fingerprint density at radius 1 is 1.18 bits per heavy atom. The normalized spacial score (nSPS) is 11.2. The van der Waals surface area contributed by atoms with E-state index < -0.39 is 0 Å². The first kappa shape index (κ1) is 19.3. The average molecular weight is 526 g/mol. The van der Waals surface area contributed by atoms with Gasteiger partial charge in [0.15, 0.2) is 0 Å². The predicted molar refractivity (Wildman–Crippen MR) is 122 cm³/mol. The highest BCUT2D eigenvalue weighted by Crippen LogP contribution is 2.38. The lowest BCUT2D eigenvalue weighted by Gasteiger charge is -2.11. The summed E-state index contributed by atoms with van der Waals surface area (Å²) >= 11 is 14.6. The zero-order valence-corrected chi connectivity index (χ0v) is 18.6. The molecule has 5 nitrogen and oxygen atoms in total. The van der Waals surface area contributed by atoms with Gasteiger partial charge < -0.3 is 14.6 Å². The van der Waals surface area contributed by atoms with Gasteiger partial charge in [0.2, 0.25) is 0 Å².